The van der Waals surface area contributed by atoms with Crippen molar-refractivity contribution in [2.75, 3.05) is 0 Å². The van der Waals surface area contributed by atoms with Gasteiger partial charge < -0.3 is 0 Å². The molecule has 0 nitrogen and oxygen atoms in total. The Kier molecular flexibility index (Phi) is 1.51. The molecule has 2 aromatic carbocycles. The van der Waals surface area contributed by atoms with Gasteiger partial charge in [0.2, 0.25) is 0 Å². The molecule has 0 heterocycles. The highest BCUT2D eigenvalue weighted by atomic mass is 14.1. The van der Waals surface area contributed by atoms with Gasteiger partial charge in [-0.1, -0.05) is 42.5 Å². The third-order valence-corrected chi connectivity index (χ3v) is 3.01. The van der Waals surface area contributed by atoms with Crippen LogP contribution in [-0.2, 0) is 6.42 Å². The van der Waals surface area contributed by atoms with E-state index < -0.39 is 0 Å². The van der Waals surface area contributed by atoms with E-state index in [-0.39, 0.29) is 0 Å². The van der Waals surface area contributed by atoms with Crippen molar-refractivity contribution >= 4 is 16.8 Å². The maximum atomic E-state index is 2.25. The average molecular weight is 180 g/mol. The van der Waals surface area contributed by atoms with E-state index in [2.05, 4.69) is 49.4 Å². The second-order valence-electron chi connectivity index (χ2n) is 3.92. The van der Waals surface area contributed by atoms with Crippen LogP contribution in [0.5, 0.6) is 0 Å². The van der Waals surface area contributed by atoms with Crippen LogP contribution in [0.15, 0.2) is 36.4 Å². The fraction of sp³-hybridized carbons (Fsp3) is 0.143. The minimum absolute atomic E-state index is 1.08. The van der Waals surface area contributed by atoms with Gasteiger partial charge in [0, 0.05) is 0 Å². The summed E-state index contributed by atoms with van der Waals surface area (Å²) in [6.07, 6.45) is 5.55. The van der Waals surface area contributed by atoms with Crippen LogP contribution in [0.1, 0.15) is 16.7 Å². The van der Waals surface area contributed by atoms with Crippen molar-refractivity contribution in [1.29, 1.82) is 0 Å². The van der Waals surface area contributed by atoms with Gasteiger partial charge in [-0.25, -0.2) is 0 Å². The maximum Gasteiger partial charge on any atom is -0.00736 e. The van der Waals surface area contributed by atoms with E-state index in [1.807, 2.05) is 0 Å². The predicted molar refractivity (Wildman–Crippen MR) is 61.4 cm³/mol. The Morgan fingerprint density at radius 3 is 2.93 bits per heavy atom. The van der Waals surface area contributed by atoms with Gasteiger partial charge >= 0.3 is 0 Å². The molecule has 0 atom stereocenters. The highest BCUT2D eigenvalue weighted by molar-refractivity contribution is 5.96. The number of rotatable bonds is 0. The number of hydrogen-bond acceptors (Lipinski definition) is 0. The molecule has 0 N–H and O–H groups in total. The summed E-state index contributed by atoms with van der Waals surface area (Å²) in [6, 6.07) is 11.0. The molecule has 0 amide bonds. The molecule has 2 aromatic rings. The van der Waals surface area contributed by atoms with Crippen molar-refractivity contribution in [2.45, 2.75) is 13.3 Å². The van der Waals surface area contributed by atoms with E-state index in [1.54, 1.807) is 0 Å². The first-order chi connectivity index (χ1) is 6.86. The van der Waals surface area contributed by atoms with E-state index in [0.717, 1.165) is 6.42 Å². The van der Waals surface area contributed by atoms with Crippen LogP contribution in [-0.4, -0.2) is 0 Å². The van der Waals surface area contributed by atoms with E-state index >= 15 is 0 Å². The molecule has 0 saturated carbocycles. The Morgan fingerprint density at radius 1 is 1.07 bits per heavy atom. The van der Waals surface area contributed by atoms with Crippen LogP contribution in [0.4, 0.5) is 0 Å². The quantitative estimate of drug-likeness (QED) is 0.579. The van der Waals surface area contributed by atoms with Crippen LogP contribution in [0.3, 0.4) is 0 Å². The monoisotopic (exact) mass is 180 g/mol. The molecule has 0 radical (unpaired) electrons. The van der Waals surface area contributed by atoms with Gasteiger partial charge in [0.25, 0.3) is 0 Å². The second kappa shape index (κ2) is 2.71. The Labute approximate surface area is 83.9 Å². The molecule has 1 aliphatic rings. The molecular weight excluding hydrogens is 168 g/mol. The summed E-state index contributed by atoms with van der Waals surface area (Å²) in [5.74, 6) is 0. The summed E-state index contributed by atoms with van der Waals surface area (Å²) >= 11 is 0. The van der Waals surface area contributed by atoms with Crippen molar-refractivity contribution < 1.29 is 0 Å². The van der Waals surface area contributed by atoms with Crippen LogP contribution in [0, 0.1) is 6.92 Å². The standard InChI is InChI=1S/C14H12/c1-10-8-9-12-5-2-4-11-6-3-7-13(10)14(11)12/h2-4,6-9H,5H2,1H3. The average Bonchev–Trinajstić information content (AvgIpc) is 2.24. The molecule has 0 aliphatic heterocycles. The number of allylic oxidation sites excluding steroid dienone is 1. The summed E-state index contributed by atoms with van der Waals surface area (Å²) in [5.41, 5.74) is 4.21. The zero-order chi connectivity index (χ0) is 9.54. The fourth-order valence-corrected chi connectivity index (χ4v) is 2.28. The number of aryl methyl sites for hydroxylation is 1. The minimum atomic E-state index is 1.08. The van der Waals surface area contributed by atoms with Gasteiger partial charge in [0.05, 0.1) is 0 Å². The molecule has 14 heavy (non-hydrogen) atoms. The molecule has 0 bridgehead atoms. The van der Waals surface area contributed by atoms with Crippen LogP contribution in [0.2, 0.25) is 0 Å². The Morgan fingerprint density at radius 2 is 2.00 bits per heavy atom. The van der Waals surface area contributed by atoms with Crippen molar-refractivity contribution in [3.8, 4) is 0 Å². The molecule has 0 heteroatoms. The predicted octanol–water partition coefficient (Wildman–Crippen LogP) is 3.72. The third-order valence-electron chi connectivity index (χ3n) is 3.01. The van der Waals surface area contributed by atoms with Gasteiger partial charge in [-0.3, -0.25) is 0 Å². The van der Waals surface area contributed by atoms with E-state index in [4.69, 9.17) is 0 Å². The molecule has 0 aromatic heterocycles. The fourth-order valence-electron chi connectivity index (χ4n) is 2.28. The minimum Gasteiger partial charge on any atom is -0.0795 e. The SMILES string of the molecule is Cc1ccc2c3c(cccc13)C=CC2. The summed E-state index contributed by atoms with van der Waals surface area (Å²) in [6.45, 7) is 2.18. The lowest BCUT2D eigenvalue weighted by molar-refractivity contribution is 1.28. The third kappa shape index (κ3) is 0.941. The molecule has 0 fully saturated rings. The molecule has 0 unspecified atom stereocenters. The van der Waals surface area contributed by atoms with E-state index in [9.17, 15) is 0 Å². The summed E-state index contributed by atoms with van der Waals surface area (Å²) < 4.78 is 0. The van der Waals surface area contributed by atoms with Gasteiger partial charge in [0.1, 0.15) is 0 Å². The Hall–Kier alpha value is -1.56. The molecule has 0 spiro atoms. The Balaban J connectivity index is 2.56. The highest BCUT2D eigenvalue weighted by Gasteiger charge is 2.08. The van der Waals surface area contributed by atoms with Crippen LogP contribution < -0.4 is 0 Å². The lowest BCUT2D eigenvalue weighted by Gasteiger charge is -2.13. The van der Waals surface area contributed by atoms with Crippen LogP contribution >= 0.6 is 0 Å². The van der Waals surface area contributed by atoms with Crippen molar-refractivity contribution in [2.24, 2.45) is 0 Å². The second-order valence-corrected chi connectivity index (χ2v) is 3.92. The maximum absolute atomic E-state index is 2.25. The van der Waals surface area contributed by atoms with E-state index in [1.165, 1.54) is 27.5 Å². The molecule has 0 saturated heterocycles. The van der Waals surface area contributed by atoms with Crippen molar-refractivity contribution in [3.63, 3.8) is 0 Å². The summed E-state index contributed by atoms with van der Waals surface area (Å²) in [5, 5.41) is 2.86. The molecular formula is C14H12. The zero-order valence-electron chi connectivity index (χ0n) is 8.25. The lowest BCUT2D eigenvalue weighted by atomic mass is 9.91. The smallest absolute Gasteiger partial charge is 0.00736 e. The topological polar surface area (TPSA) is 0 Å². The zero-order valence-corrected chi connectivity index (χ0v) is 8.25. The largest absolute Gasteiger partial charge is 0.0795 e. The van der Waals surface area contributed by atoms with Gasteiger partial charge in [-0.05, 0) is 40.8 Å². The summed E-state index contributed by atoms with van der Waals surface area (Å²) in [7, 11) is 0. The van der Waals surface area contributed by atoms with Crippen LogP contribution in [0.25, 0.3) is 16.8 Å². The first-order valence-corrected chi connectivity index (χ1v) is 5.04. The Bertz CT molecular complexity index is 533. The van der Waals surface area contributed by atoms with Crippen molar-refractivity contribution in [3.05, 3.63) is 53.1 Å². The van der Waals surface area contributed by atoms with E-state index in [0.29, 0.717) is 0 Å². The summed E-state index contributed by atoms with van der Waals surface area (Å²) in [4.78, 5) is 0. The molecule has 3 rings (SSSR count). The highest BCUT2D eigenvalue weighted by Crippen LogP contribution is 2.30. The first-order valence-electron chi connectivity index (χ1n) is 5.04. The van der Waals surface area contributed by atoms with Gasteiger partial charge in [0.15, 0.2) is 0 Å². The number of benzene rings is 2. The lowest BCUT2D eigenvalue weighted by Crippen LogP contribution is -1.93. The number of hydrogen-bond donors (Lipinski definition) is 0. The molecule has 68 valence electrons. The molecule has 1 aliphatic carbocycles. The first kappa shape index (κ1) is 7.81. The van der Waals surface area contributed by atoms with Gasteiger partial charge in [-0.2, -0.15) is 0 Å². The van der Waals surface area contributed by atoms with Crippen molar-refractivity contribution in [1.82, 2.24) is 0 Å². The van der Waals surface area contributed by atoms with Gasteiger partial charge in [-0.15, -0.1) is 0 Å². The normalized spacial score (nSPS) is 13.5.